The summed E-state index contributed by atoms with van der Waals surface area (Å²) in [6.45, 7) is 10.7. The second kappa shape index (κ2) is 10.8. The van der Waals surface area contributed by atoms with E-state index < -0.39 is 0 Å². The number of ether oxygens (including phenoxy) is 1. The second-order valence-corrected chi connectivity index (χ2v) is 7.15. The molecule has 0 radical (unpaired) electrons. The molecule has 3 N–H and O–H groups in total. The Labute approximate surface area is 167 Å². The van der Waals surface area contributed by atoms with Crippen LogP contribution in [0.25, 0.3) is 0 Å². The lowest BCUT2D eigenvalue weighted by Gasteiger charge is -2.36. The lowest BCUT2D eigenvalue weighted by molar-refractivity contribution is -0.123. The van der Waals surface area contributed by atoms with Crippen LogP contribution in [0.5, 0.6) is 11.5 Å². The van der Waals surface area contributed by atoms with Gasteiger partial charge in [-0.15, -0.1) is 0 Å². The molecule has 1 fully saturated rings. The summed E-state index contributed by atoms with van der Waals surface area (Å²) in [7, 11) is 1.60. The van der Waals surface area contributed by atoms with Gasteiger partial charge in [0.2, 0.25) is 5.91 Å². The molecule has 0 aliphatic carbocycles. The zero-order valence-electron chi connectivity index (χ0n) is 17.4. The van der Waals surface area contributed by atoms with E-state index in [4.69, 9.17) is 4.74 Å². The van der Waals surface area contributed by atoms with Crippen LogP contribution in [0.15, 0.2) is 23.2 Å². The molecule has 2 rings (SSSR count). The lowest BCUT2D eigenvalue weighted by atomic mass is 10.2. The number of carbonyl (C=O) groups excluding carboxylic acids is 1. The van der Waals surface area contributed by atoms with Crippen molar-refractivity contribution in [2.24, 2.45) is 4.99 Å². The topological polar surface area (TPSA) is 89.4 Å². The van der Waals surface area contributed by atoms with Crippen LogP contribution in [0.2, 0.25) is 0 Å². The van der Waals surface area contributed by atoms with Crippen LogP contribution in [0, 0.1) is 0 Å². The van der Waals surface area contributed by atoms with Crippen LogP contribution < -0.4 is 15.4 Å². The molecule has 1 aromatic carbocycles. The molecule has 0 spiro atoms. The molecule has 1 amide bonds. The van der Waals surface area contributed by atoms with Crippen LogP contribution in [0.4, 0.5) is 0 Å². The highest BCUT2D eigenvalue weighted by Crippen LogP contribution is 2.23. The van der Waals surface area contributed by atoms with Crippen LogP contribution in [0.1, 0.15) is 26.3 Å². The molecule has 8 heteroatoms. The van der Waals surface area contributed by atoms with Crippen molar-refractivity contribution in [3.63, 3.8) is 0 Å². The lowest BCUT2D eigenvalue weighted by Crippen LogP contribution is -2.54. The minimum atomic E-state index is 0.0672. The van der Waals surface area contributed by atoms with E-state index in [1.807, 2.05) is 20.8 Å². The third kappa shape index (κ3) is 6.60. The average Bonchev–Trinajstić information content (AvgIpc) is 2.66. The molecule has 0 aromatic heterocycles. The number of methoxy groups -OCH3 is 1. The van der Waals surface area contributed by atoms with Crippen molar-refractivity contribution in [1.82, 2.24) is 20.4 Å². The first-order valence-electron chi connectivity index (χ1n) is 9.83. The molecular weight excluding hydrogens is 358 g/mol. The van der Waals surface area contributed by atoms with Gasteiger partial charge in [-0.2, -0.15) is 0 Å². The molecule has 1 heterocycles. The average molecular weight is 392 g/mol. The Morgan fingerprint density at radius 2 is 2.00 bits per heavy atom. The Balaban J connectivity index is 1.95. The summed E-state index contributed by atoms with van der Waals surface area (Å²) in [6, 6.07) is 5.31. The van der Waals surface area contributed by atoms with Crippen LogP contribution >= 0.6 is 0 Å². The highest BCUT2D eigenvalue weighted by atomic mass is 16.5. The van der Waals surface area contributed by atoms with Crippen LogP contribution in [-0.4, -0.2) is 79.2 Å². The quantitative estimate of drug-likeness (QED) is 0.475. The van der Waals surface area contributed by atoms with Gasteiger partial charge in [0, 0.05) is 44.3 Å². The van der Waals surface area contributed by atoms with Crippen LogP contribution in [-0.2, 0) is 11.3 Å². The van der Waals surface area contributed by atoms with E-state index >= 15 is 0 Å². The third-order valence-electron chi connectivity index (χ3n) is 4.51. The zero-order valence-corrected chi connectivity index (χ0v) is 17.4. The van der Waals surface area contributed by atoms with Crippen LogP contribution in [0.3, 0.4) is 0 Å². The summed E-state index contributed by atoms with van der Waals surface area (Å²) in [6.07, 6.45) is 0. The largest absolute Gasteiger partial charge is 0.508 e. The number of phenols is 1. The Kier molecular flexibility index (Phi) is 8.38. The number of aliphatic imine (C=N–C) groups is 1. The minimum Gasteiger partial charge on any atom is -0.508 e. The van der Waals surface area contributed by atoms with Gasteiger partial charge in [-0.3, -0.25) is 9.69 Å². The van der Waals surface area contributed by atoms with Gasteiger partial charge in [0.05, 0.1) is 20.2 Å². The van der Waals surface area contributed by atoms with Gasteiger partial charge in [-0.05, 0) is 39.0 Å². The predicted octanol–water partition coefficient (Wildman–Crippen LogP) is 1.01. The zero-order chi connectivity index (χ0) is 20.5. The number of nitrogens with one attached hydrogen (secondary N) is 2. The number of hydrogen-bond acceptors (Lipinski definition) is 5. The predicted molar refractivity (Wildman–Crippen MR) is 111 cm³/mol. The molecule has 156 valence electrons. The van der Waals surface area contributed by atoms with Gasteiger partial charge < -0.3 is 25.4 Å². The summed E-state index contributed by atoms with van der Waals surface area (Å²) in [4.78, 5) is 21.0. The molecule has 0 unspecified atom stereocenters. The van der Waals surface area contributed by atoms with Gasteiger partial charge in [-0.1, -0.05) is 0 Å². The fraction of sp³-hybridized carbons (Fsp3) is 0.600. The maximum atomic E-state index is 11.9. The SMILES string of the molecule is CCNC(=NCc1cc(OC)ccc1O)N1CCN(CC(=O)NC(C)C)CC1. The fourth-order valence-electron chi connectivity index (χ4n) is 3.09. The second-order valence-electron chi connectivity index (χ2n) is 7.15. The van der Waals surface area contributed by atoms with E-state index in [2.05, 4.69) is 25.4 Å². The van der Waals surface area contributed by atoms with Crippen molar-refractivity contribution in [1.29, 1.82) is 0 Å². The summed E-state index contributed by atoms with van der Waals surface area (Å²) < 4.78 is 5.22. The molecule has 0 bridgehead atoms. The monoisotopic (exact) mass is 391 g/mol. The number of amides is 1. The van der Waals surface area contributed by atoms with E-state index in [0.29, 0.717) is 18.8 Å². The van der Waals surface area contributed by atoms with E-state index in [9.17, 15) is 9.90 Å². The third-order valence-corrected chi connectivity index (χ3v) is 4.51. The summed E-state index contributed by atoms with van der Waals surface area (Å²) >= 11 is 0. The van der Waals surface area contributed by atoms with Gasteiger partial charge in [0.25, 0.3) is 0 Å². The normalized spacial score (nSPS) is 15.6. The van der Waals surface area contributed by atoms with Crippen molar-refractivity contribution in [2.75, 3.05) is 46.4 Å². The van der Waals surface area contributed by atoms with Gasteiger partial charge in [0.15, 0.2) is 5.96 Å². The smallest absolute Gasteiger partial charge is 0.234 e. The molecule has 1 aromatic rings. The summed E-state index contributed by atoms with van der Waals surface area (Å²) in [5, 5.41) is 16.3. The van der Waals surface area contributed by atoms with E-state index in [0.717, 1.165) is 44.2 Å². The maximum absolute atomic E-state index is 11.9. The number of rotatable bonds is 7. The standard InChI is InChI=1S/C20H33N5O3/c1-5-21-20(22-13-16-12-17(28-4)6-7-18(16)26)25-10-8-24(9-11-25)14-19(27)23-15(2)3/h6-7,12,15,26H,5,8-11,13-14H2,1-4H3,(H,21,22)(H,23,27). The Morgan fingerprint density at radius 1 is 1.29 bits per heavy atom. The Hall–Kier alpha value is -2.48. The van der Waals surface area contributed by atoms with E-state index in [-0.39, 0.29) is 17.7 Å². The van der Waals surface area contributed by atoms with E-state index in [1.54, 1.807) is 25.3 Å². The molecule has 1 aliphatic heterocycles. The molecular formula is C20H33N5O3. The highest BCUT2D eigenvalue weighted by Gasteiger charge is 2.21. The van der Waals surface area contributed by atoms with E-state index in [1.165, 1.54) is 0 Å². The van der Waals surface area contributed by atoms with Crippen molar-refractivity contribution in [2.45, 2.75) is 33.4 Å². The van der Waals surface area contributed by atoms with Gasteiger partial charge >= 0.3 is 0 Å². The van der Waals surface area contributed by atoms with Crippen molar-refractivity contribution in [3.05, 3.63) is 23.8 Å². The molecule has 1 aliphatic rings. The first-order chi connectivity index (χ1) is 13.4. The van der Waals surface area contributed by atoms with Crippen molar-refractivity contribution in [3.8, 4) is 11.5 Å². The van der Waals surface area contributed by atoms with Gasteiger partial charge in [-0.25, -0.2) is 4.99 Å². The number of guanidine groups is 1. The molecule has 8 nitrogen and oxygen atoms in total. The number of hydrogen-bond donors (Lipinski definition) is 3. The number of piperazine rings is 1. The Morgan fingerprint density at radius 3 is 2.61 bits per heavy atom. The molecule has 0 atom stereocenters. The van der Waals surface area contributed by atoms with Crippen molar-refractivity contribution < 1.29 is 14.6 Å². The summed E-state index contributed by atoms with van der Waals surface area (Å²) in [5.41, 5.74) is 0.721. The number of phenolic OH excluding ortho intramolecular Hbond substituents is 1. The molecule has 1 saturated heterocycles. The first kappa shape index (κ1) is 21.8. The number of carbonyl (C=O) groups is 1. The highest BCUT2D eigenvalue weighted by molar-refractivity contribution is 5.80. The number of aromatic hydroxyl groups is 1. The number of benzene rings is 1. The number of nitrogens with zero attached hydrogens (tertiary/aromatic N) is 3. The Bertz CT molecular complexity index is 670. The molecule has 28 heavy (non-hydrogen) atoms. The molecule has 0 saturated carbocycles. The van der Waals surface area contributed by atoms with Crippen molar-refractivity contribution >= 4 is 11.9 Å². The minimum absolute atomic E-state index is 0.0672. The maximum Gasteiger partial charge on any atom is 0.234 e. The summed E-state index contributed by atoms with van der Waals surface area (Å²) in [5.74, 6) is 1.79. The first-order valence-corrected chi connectivity index (χ1v) is 9.83. The van der Waals surface area contributed by atoms with Gasteiger partial charge in [0.1, 0.15) is 11.5 Å². The fourth-order valence-corrected chi connectivity index (χ4v) is 3.09.